The van der Waals surface area contributed by atoms with Gasteiger partial charge in [-0.3, -0.25) is 19.4 Å². The maximum absolute atomic E-state index is 13.5. The van der Waals surface area contributed by atoms with Gasteiger partial charge in [-0.1, -0.05) is 18.2 Å². The highest BCUT2D eigenvalue weighted by molar-refractivity contribution is 5.95. The second-order valence-corrected chi connectivity index (χ2v) is 9.93. The lowest BCUT2D eigenvalue weighted by atomic mass is 10.0. The number of aliphatic imine (C=N–C) groups is 1. The summed E-state index contributed by atoms with van der Waals surface area (Å²) in [5, 5.41) is 25.9. The van der Waals surface area contributed by atoms with E-state index in [1.54, 1.807) is 6.20 Å². The highest BCUT2D eigenvalue weighted by atomic mass is 16.4. The molecule has 14 nitrogen and oxygen atoms in total. The summed E-state index contributed by atoms with van der Waals surface area (Å²) in [5.74, 6) is -3.24. The van der Waals surface area contributed by atoms with Crippen LogP contribution < -0.4 is 27.8 Å². The molecule has 1 aliphatic rings. The molecule has 3 rings (SSSR count). The molecule has 14 heteroatoms. The third kappa shape index (κ3) is 7.70. The molecule has 0 aliphatic carbocycles. The fraction of sp³-hybridized carbons (Fsp3) is 0.500. The number of rotatable bonds is 13. The molecular formula is C26H38N8O6. The van der Waals surface area contributed by atoms with E-state index in [2.05, 4.69) is 20.6 Å². The van der Waals surface area contributed by atoms with Crippen molar-refractivity contribution in [2.45, 2.75) is 69.3 Å². The molecule has 5 atom stereocenters. The van der Waals surface area contributed by atoms with E-state index in [4.69, 9.17) is 17.2 Å². The maximum atomic E-state index is 13.5. The number of benzene rings is 1. The molecule has 1 fully saturated rings. The lowest BCUT2D eigenvalue weighted by Crippen LogP contribution is -2.60. The van der Waals surface area contributed by atoms with Crippen molar-refractivity contribution >= 4 is 40.6 Å². The highest BCUT2D eigenvalue weighted by Gasteiger charge is 2.40. The SMILES string of the molecule is CC(O)C(NC(=O)C(Cc1c[nH]c2ccccc12)NC(=O)C(N)CCCN=C(N)N)C(=O)N1CCCC1C(=O)O. The Hall–Kier alpha value is -4.17. The second-order valence-electron chi connectivity index (χ2n) is 9.93. The summed E-state index contributed by atoms with van der Waals surface area (Å²) in [6, 6.07) is 2.88. The summed E-state index contributed by atoms with van der Waals surface area (Å²) in [5.41, 5.74) is 18.3. The predicted octanol–water partition coefficient (Wildman–Crippen LogP) is -1.48. The van der Waals surface area contributed by atoms with Crippen LogP contribution in [-0.2, 0) is 25.6 Å². The van der Waals surface area contributed by atoms with Gasteiger partial charge in [0.25, 0.3) is 0 Å². The third-order valence-electron chi connectivity index (χ3n) is 6.90. The van der Waals surface area contributed by atoms with Crippen molar-refractivity contribution in [3.8, 4) is 0 Å². The monoisotopic (exact) mass is 558 g/mol. The van der Waals surface area contributed by atoms with Gasteiger partial charge in [0.2, 0.25) is 17.7 Å². The van der Waals surface area contributed by atoms with Crippen LogP contribution in [0.3, 0.4) is 0 Å². The lowest BCUT2D eigenvalue weighted by Gasteiger charge is -2.30. The Balaban J connectivity index is 1.79. The lowest BCUT2D eigenvalue weighted by molar-refractivity contribution is -0.150. The maximum Gasteiger partial charge on any atom is 0.326 e. The zero-order valence-corrected chi connectivity index (χ0v) is 22.4. The average molecular weight is 559 g/mol. The van der Waals surface area contributed by atoms with Gasteiger partial charge in [0, 0.05) is 36.6 Å². The van der Waals surface area contributed by atoms with Crippen LogP contribution in [0.1, 0.15) is 38.2 Å². The summed E-state index contributed by atoms with van der Waals surface area (Å²) in [4.78, 5) is 59.5. The number of carbonyl (C=O) groups excluding carboxylic acids is 3. The van der Waals surface area contributed by atoms with E-state index in [1.165, 1.54) is 6.92 Å². The number of nitrogens with zero attached hydrogens (tertiary/aromatic N) is 2. The predicted molar refractivity (Wildman–Crippen MR) is 148 cm³/mol. The molecule has 2 aromatic rings. The first-order valence-corrected chi connectivity index (χ1v) is 13.2. The van der Waals surface area contributed by atoms with Gasteiger partial charge < -0.3 is 47.9 Å². The van der Waals surface area contributed by atoms with Crippen LogP contribution in [0.5, 0.6) is 0 Å². The van der Waals surface area contributed by atoms with Crippen molar-refractivity contribution in [1.29, 1.82) is 0 Å². The molecule has 11 N–H and O–H groups in total. The molecule has 1 saturated heterocycles. The Labute approximate surface area is 231 Å². The number of fused-ring (bicyclic) bond motifs is 1. The summed E-state index contributed by atoms with van der Waals surface area (Å²) < 4.78 is 0. The minimum absolute atomic E-state index is 0.0600. The van der Waals surface area contributed by atoms with Crippen LogP contribution in [0.4, 0.5) is 0 Å². The number of nitrogens with one attached hydrogen (secondary N) is 3. The Kier molecular flexibility index (Phi) is 10.4. The van der Waals surface area contributed by atoms with Crippen LogP contribution >= 0.6 is 0 Å². The average Bonchev–Trinajstić information content (AvgIpc) is 3.56. The van der Waals surface area contributed by atoms with Crippen molar-refractivity contribution in [2.75, 3.05) is 13.1 Å². The van der Waals surface area contributed by atoms with Crippen LogP contribution in [-0.4, -0.2) is 93.1 Å². The highest BCUT2D eigenvalue weighted by Crippen LogP contribution is 2.21. The minimum Gasteiger partial charge on any atom is -0.480 e. The first-order valence-electron chi connectivity index (χ1n) is 13.2. The first kappa shape index (κ1) is 30.4. The van der Waals surface area contributed by atoms with Gasteiger partial charge >= 0.3 is 5.97 Å². The number of hydrogen-bond acceptors (Lipinski definition) is 7. The van der Waals surface area contributed by atoms with Crippen molar-refractivity contribution < 1.29 is 29.4 Å². The fourth-order valence-electron chi connectivity index (χ4n) is 4.77. The number of H-pyrrole nitrogens is 1. The van der Waals surface area contributed by atoms with Crippen molar-refractivity contribution in [2.24, 2.45) is 22.2 Å². The van der Waals surface area contributed by atoms with Crippen molar-refractivity contribution in [3.63, 3.8) is 0 Å². The molecule has 5 unspecified atom stereocenters. The molecule has 40 heavy (non-hydrogen) atoms. The normalized spacial score (nSPS) is 18.0. The van der Waals surface area contributed by atoms with Gasteiger partial charge in [0.05, 0.1) is 12.1 Å². The molecule has 1 aromatic heterocycles. The Bertz CT molecular complexity index is 1240. The summed E-state index contributed by atoms with van der Waals surface area (Å²) in [6.07, 6.45) is 1.92. The van der Waals surface area contributed by atoms with E-state index in [1.807, 2.05) is 24.3 Å². The first-order chi connectivity index (χ1) is 19.0. The Morgan fingerprint density at radius 2 is 1.90 bits per heavy atom. The molecule has 1 aliphatic heterocycles. The summed E-state index contributed by atoms with van der Waals surface area (Å²) >= 11 is 0. The van der Waals surface area contributed by atoms with Crippen LogP contribution in [0.15, 0.2) is 35.5 Å². The van der Waals surface area contributed by atoms with E-state index in [0.717, 1.165) is 21.4 Å². The van der Waals surface area contributed by atoms with Crippen molar-refractivity contribution in [3.05, 3.63) is 36.0 Å². The Morgan fingerprint density at radius 1 is 1.18 bits per heavy atom. The number of nitrogens with two attached hydrogens (primary N) is 3. The number of aromatic amines is 1. The molecule has 2 heterocycles. The van der Waals surface area contributed by atoms with E-state index in [9.17, 15) is 29.4 Å². The quantitative estimate of drug-likeness (QED) is 0.0810. The third-order valence-corrected chi connectivity index (χ3v) is 6.90. The van der Waals surface area contributed by atoms with E-state index in [-0.39, 0.29) is 38.3 Å². The van der Waals surface area contributed by atoms with E-state index < -0.39 is 54.0 Å². The number of hydrogen-bond donors (Lipinski definition) is 8. The summed E-state index contributed by atoms with van der Waals surface area (Å²) in [6.45, 7) is 1.81. The van der Waals surface area contributed by atoms with Gasteiger partial charge in [-0.25, -0.2) is 4.79 Å². The van der Waals surface area contributed by atoms with E-state index >= 15 is 0 Å². The summed E-state index contributed by atoms with van der Waals surface area (Å²) in [7, 11) is 0. The molecule has 0 saturated carbocycles. The van der Waals surface area contributed by atoms with E-state index in [0.29, 0.717) is 12.8 Å². The molecule has 0 bridgehead atoms. The second kappa shape index (κ2) is 13.8. The largest absolute Gasteiger partial charge is 0.480 e. The van der Waals surface area contributed by atoms with Gasteiger partial charge in [0.15, 0.2) is 5.96 Å². The smallest absolute Gasteiger partial charge is 0.326 e. The number of aromatic nitrogens is 1. The Morgan fingerprint density at radius 3 is 2.58 bits per heavy atom. The number of likely N-dealkylation sites (tertiary alicyclic amines) is 1. The molecule has 3 amide bonds. The topological polar surface area (TPSA) is 242 Å². The number of carboxylic acid groups (broad SMARTS) is 1. The molecule has 1 aromatic carbocycles. The van der Waals surface area contributed by atoms with Gasteiger partial charge in [-0.15, -0.1) is 0 Å². The minimum atomic E-state index is -1.41. The number of guanidine groups is 1. The van der Waals surface area contributed by atoms with Crippen LogP contribution in [0.2, 0.25) is 0 Å². The van der Waals surface area contributed by atoms with Crippen molar-refractivity contribution in [1.82, 2.24) is 20.5 Å². The number of aliphatic carboxylic acids is 1. The number of carboxylic acids is 1. The zero-order valence-electron chi connectivity index (χ0n) is 22.4. The molecular weight excluding hydrogens is 520 g/mol. The molecule has 218 valence electrons. The molecule has 0 radical (unpaired) electrons. The van der Waals surface area contributed by atoms with Gasteiger partial charge in [0.1, 0.15) is 18.1 Å². The fourth-order valence-corrected chi connectivity index (χ4v) is 4.77. The number of aliphatic hydroxyl groups is 1. The number of aliphatic hydroxyl groups excluding tert-OH is 1. The zero-order chi connectivity index (χ0) is 29.4. The van der Waals surface area contributed by atoms with Gasteiger partial charge in [-0.05, 0) is 44.2 Å². The van der Waals surface area contributed by atoms with Gasteiger partial charge in [-0.2, -0.15) is 0 Å². The van der Waals surface area contributed by atoms with Crippen LogP contribution in [0, 0.1) is 0 Å². The standard InChI is InChI=1S/C26H38N8O6/c1-14(35)21(24(38)34-11-5-9-20(34)25(39)40)33-23(37)19(12-15-13-31-18-8-3-2-6-16(15)18)32-22(36)17(27)7-4-10-30-26(28)29/h2-3,6,8,13-14,17,19-21,31,35H,4-5,7,9-12,27H2,1H3,(H,32,36)(H,33,37)(H,39,40)(H4,28,29,30). The molecule has 0 spiro atoms. The number of carbonyl (C=O) groups is 4. The number of para-hydroxylation sites is 1. The number of amides is 3. The van der Waals surface area contributed by atoms with Crippen LogP contribution in [0.25, 0.3) is 10.9 Å².